The fourth-order valence-electron chi connectivity index (χ4n) is 3.56. The van der Waals surface area contributed by atoms with Gasteiger partial charge in [0, 0.05) is 6.04 Å². The summed E-state index contributed by atoms with van der Waals surface area (Å²) in [6, 6.07) is 9.34. The van der Waals surface area contributed by atoms with Gasteiger partial charge < -0.3 is 0 Å². The van der Waals surface area contributed by atoms with E-state index in [9.17, 15) is 0 Å². The summed E-state index contributed by atoms with van der Waals surface area (Å²) in [5, 5.41) is 0. The van der Waals surface area contributed by atoms with Gasteiger partial charge >= 0.3 is 0 Å². The average molecular weight is 274 g/mol. The van der Waals surface area contributed by atoms with Crippen LogP contribution in [0.1, 0.15) is 75.5 Å². The highest BCUT2D eigenvalue weighted by atomic mass is 15.2. The Bertz CT molecular complexity index is 381. The molecule has 1 aromatic rings. The predicted octanol–water partition coefficient (Wildman–Crippen LogP) is 4.50. The molecule has 0 saturated heterocycles. The number of nitrogens with one attached hydrogen (secondary N) is 1. The Hall–Kier alpha value is -0.860. The number of benzene rings is 1. The monoisotopic (exact) mass is 274 g/mol. The molecule has 0 heterocycles. The Morgan fingerprint density at radius 2 is 1.85 bits per heavy atom. The average Bonchev–Trinajstić information content (AvgIpc) is 2.42. The summed E-state index contributed by atoms with van der Waals surface area (Å²) in [5.41, 5.74) is 5.93. The molecule has 1 aliphatic carbocycles. The molecule has 1 fully saturated rings. The Kier molecular flexibility index (Phi) is 6.55. The highest BCUT2D eigenvalue weighted by molar-refractivity contribution is 5.26. The smallest absolute Gasteiger partial charge is 0.0488 e. The first-order valence-electron chi connectivity index (χ1n) is 8.40. The molecule has 1 unspecified atom stereocenters. The van der Waals surface area contributed by atoms with Crippen LogP contribution in [0.3, 0.4) is 0 Å². The Balaban J connectivity index is 2.10. The molecule has 1 aliphatic rings. The summed E-state index contributed by atoms with van der Waals surface area (Å²) in [6.07, 6.45) is 11.9. The van der Waals surface area contributed by atoms with Crippen LogP contribution in [0, 0.1) is 5.92 Å². The van der Waals surface area contributed by atoms with Gasteiger partial charge in [-0.3, -0.25) is 11.3 Å². The van der Waals surface area contributed by atoms with Crippen molar-refractivity contribution in [3.63, 3.8) is 0 Å². The molecule has 20 heavy (non-hydrogen) atoms. The van der Waals surface area contributed by atoms with E-state index in [1.165, 1.54) is 62.5 Å². The van der Waals surface area contributed by atoms with Crippen molar-refractivity contribution < 1.29 is 0 Å². The molecule has 3 N–H and O–H groups in total. The topological polar surface area (TPSA) is 38.0 Å². The number of hydrazine groups is 1. The SMILES string of the molecule is CCCc1cccc(C(NN)C2CCCCCCC2)c1. The van der Waals surface area contributed by atoms with Gasteiger partial charge in [-0.15, -0.1) is 0 Å². The molecule has 0 amide bonds. The van der Waals surface area contributed by atoms with E-state index >= 15 is 0 Å². The van der Waals surface area contributed by atoms with Crippen molar-refractivity contribution in [3.05, 3.63) is 35.4 Å². The van der Waals surface area contributed by atoms with E-state index in [0.717, 1.165) is 6.42 Å². The van der Waals surface area contributed by atoms with E-state index < -0.39 is 0 Å². The van der Waals surface area contributed by atoms with Gasteiger partial charge in [-0.2, -0.15) is 0 Å². The van der Waals surface area contributed by atoms with Crippen molar-refractivity contribution in [3.8, 4) is 0 Å². The number of hydrogen-bond donors (Lipinski definition) is 2. The molecule has 1 aromatic carbocycles. The van der Waals surface area contributed by atoms with E-state index in [0.29, 0.717) is 12.0 Å². The van der Waals surface area contributed by atoms with Crippen LogP contribution in [0.25, 0.3) is 0 Å². The zero-order valence-corrected chi connectivity index (χ0v) is 12.9. The number of nitrogens with two attached hydrogens (primary N) is 1. The van der Waals surface area contributed by atoms with Gasteiger partial charge in [-0.25, -0.2) is 0 Å². The molecule has 0 aromatic heterocycles. The zero-order chi connectivity index (χ0) is 14.2. The van der Waals surface area contributed by atoms with E-state index in [1.54, 1.807) is 0 Å². The fourth-order valence-corrected chi connectivity index (χ4v) is 3.56. The van der Waals surface area contributed by atoms with E-state index in [1.807, 2.05) is 0 Å². The molecular formula is C18H30N2. The van der Waals surface area contributed by atoms with Crippen LogP contribution in [-0.2, 0) is 6.42 Å². The van der Waals surface area contributed by atoms with E-state index in [-0.39, 0.29) is 0 Å². The maximum absolute atomic E-state index is 5.90. The Morgan fingerprint density at radius 1 is 1.15 bits per heavy atom. The third-order valence-electron chi connectivity index (χ3n) is 4.65. The van der Waals surface area contributed by atoms with Gasteiger partial charge in [0.25, 0.3) is 0 Å². The Morgan fingerprint density at radius 3 is 2.50 bits per heavy atom. The summed E-state index contributed by atoms with van der Waals surface area (Å²) in [5.74, 6) is 6.59. The lowest BCUT2D eigenvalue weighted by atomic mass is 9.83. The number of rotatable bonds is 5. The van der Waals surface area contributed by atoms with Gasteiger partial charge in [-0.1, -0.05) is 69.7 Å². The second-order valence-corrected chi connectivity index (χ2v) is 6.24. The van der Waals surface area contributed by atoms with Gasteiger partial charge in [0.2, 0.25) is 0 Å². The lowest BCUT2D eigenvalue weighted by molar-refractivity contribution is 0.290. The number of aryl methyl sites for hydroxylation is 1. The van der Waals surface area contributed by atoms with Crippen LogP contribution in [-0.4, -0.2) is 0 Å². The van der Waals surface area contributed by atoms with Crippen LogP contribution in [0.15, 0.2) is 24.3 Å². The van der Waals surface area contributed by atoms with Crippen LogP contribution in [0.4, 0.5) is 0 Å². The minimum absolute atomic E-state index is 0.324. The first-order valence-corrected chi connectivity index (χ1v) is 8.40. The molecule has 2 nitrogen and oxygen atoms in total. The first kappa shape index (κ1) is 15.5. The second kappa shape index (κ2) is 8.43. The van der Waals surface area contributed by atoms with Crippen LogP contribution >= 0.6 is 0 Å². The first-order chi connectivity index (χ1) is 9.85. The highest BCUT2D eigenvalue weighted by Crippen LogP contribution is 2.32. The lowest BCUT2D eigenvalue weighted by Crippen LogP contribution is -2.34. The molecular weight excluding hydrogens is 244 g/mol. The van der Waals surface area contributed by atoms with Crippen LogP contribution < -0.4 is 11.3 Å². The molecule has 1 atom stereocenters. The van der Waals surface area contributed by atoms with E-state index in [2.05, 4.69) is 36.6 Å². The molecule has 112 valence electrons. The largest absolute Gasteiger partial charge is 0.271 e. The summed E-state index contributed by atoms with van der Waals surface area (Å²) in [7, 11) is 0. The highest BCUT2D eigenvalue weighted by Gasteiger charge is 2.22. The standard InChI is InChI=1S/C18H30N2/c1-2-9-15-10-8-13-17(14-15)18(20-19)16-11-6-4-3-5-7-12-16/h8,10,13-14,16,18,20H,2-7,9,11-12,19H2,1H3. The second-order valence-electron chi connectivity index (χ2n) is 6.24. The molecule has 1 saturated carbocycles. The molecule has 2 heteroatoms. The van der Waals surface area contributed by atoms with E-state index in [4.69, 9.17) is 5.84 Å². The van der Waals surface area contributed by atoms with Gasteiger partial charge in [-0.05, 0) is 36.3 Å². The third-order valence-corrected chi connectivity index (χ3v) is 4.65. The minimum Gasteiger partial charge on any atom is -0.271 e. The van der Waals surface area contributed by atoms with Crippen molar-refractivity contribution in [2.24, 2.45) is 11.8 Å². The van der Waals surface area contributed by atoms with Gasteiger partial charge in [0.1, 0.15) is 0 Å². The maximum atomic E-state index is 5.90. The van der Waals surface area contributed by atoms with Crippen molar-refractivity contribution in [1.82, 2.24) is 5.43 Å². The number of hydrogen-bond acceptors (Lipinski definition) is 2. The van der Waals surface area contributed by atoms with Crippen LogP contribution in [0.2, 0.25) is 0 Å². The maximum Gasteiger partial charge on any atom is 0.0488 e. The van der Waals surface area contributed by atoms with Crippen molar-refractivity contribution in [2.75, 3.05) is 0 Å². The Labute approximate surface area is 124 Å². The predicted molar refractivity (Wildman–Crippen MR) is 86.3 cm³/mol. The van der Waals surface area contributed by atoms with Crippen molar-refractivity contribution in [1.29, 1.82) is 0 Å². The molecule has 0 bridgehead atoms. The third kappa shape index (κ3) is 4.32. The van der Waals surface area contributed by atoms with Crippen molar-refractivity contribution >= 4 is 0 Å². The molecule has 0 aliphatic heterocycles. The van der Waals surface area contributed by atoms with Gasteiger partial charge in [0.05, 0.1) is 0 Å². The summed E-state index contributed by atoms with van der Waals surface area (Å²) >= 11 is 0. The normalized spacial score (nSPS) is 19.3. The summed E-state index contributed by atoms with van der Waals surface area (Å²) < 4.78 is 0. The minimum atomic E-state index is 0.324. The van der Waals surface area contributed by atoms with Crippen LogP contribution in [0.5, 0.6) is 0 Å². The van der Waals surface area contributed by atoms with Crippen molar-refractivity contribution in [2.45, 2.75) is 70.8 Å². The molecule has 0 spiro atoms. The summed E-state index contributed by atoms with van der Waals surface area (Å²) in [6.45, 7) is 2.24. The quantitative estimate of drug-likeness (QED) is 0.612. The lowest BCUT2D eigenvalue weighted by Gasteiger charge is -2.29. The molecule has 2 rings (SSSR count). The van der Waals surface area contributed by atoms with Gasteiger partial charge in [0.15, 0.2) is 0 Å². The summed E-state index contributed by atoms with van der Waals surface area (Å²) in [4.78, 5) is 0. The molecule has 0 radical (unpaired) electrons. The fraction of sp³-hybridized carbons (Fsp3) is 0.667. The zero-order valence-electron chi connectivity index (χ0n) is 12.9.